The average molecular weight is 142 g/mol. The molecule has 3 nitrogen and oxygen atoms in total. The summed E-state index contributed by atoms with van der Waals surface area (Å²) in [5.74, 6) is -0.337. The summed E-state index contributed by atoms with van der Waals surface area (Å²) < 4.78 is 9.60. The van der Waals surface area contributed by atoms with Gasteiger partial charge in [0.05, 0.1) is 6.61 Å². The lowest BCUT2D eigenvalue weighted by molar-refractivity contribution is -0.139. The van der Waals surface area contributed by atoms with Crippen molar-refractivity contribution in [1.29, 1.82) is 0 Å². The number of rotatable bonds is 3. The molecule has 10 heavy (non-hydrogen) atoms. The van der Waals surface area contributed by atoms with Crippen LogP contribution in [0.5, 0.6) is 0 Å². The second kappa shape index (κ2) is 2.84. The Kier molecular flexibility index (Phi) is 2.06. The lowest BCUT2D eigenvalue weighted by Crippen LogP contribution is -2.09. The fourth-order valence-corrected chi connectivity index (χ4v) is 0.456. The Morgan fingerprint density at radius 1 is 1.90 bits per heavy atom. The zero-order valence-electron chi connectivity index (χ0n) is 5.92. The van der Waals surface area contributed by atoms with Crippen LogP contribution in [0.25, 0.3) is 0 Å². The standard InChI is InChI=1S/C7H10O3/c1-5(2)7(8)10-4-6-3-9-6/h6H,1,3-4H2,2H3/t6-/m0/s1. The Balaban J connectivity index is 2.11. The molecule has 1 heterocycles. The first-order valence-electron chi connectivity index (χ1n) is 3.14. The molecule has 0 N–H and O–H groups in total. The summed E-state index contributed by atoms with van der Waals surface area (Å²) in [6.07, 6.45) is 0.142. The first-order valence-corrected chi connectivity index (χ1v) is 3.14. The number of carbonyl (C=O) groups is 1. The van der Waals surface area contributed by atoms with Gasteiger partial charge in [0.25, 0.3) is 0 Å². The zero-order valence-corrected chi connectivity index (χ0v) is 5.92. The third-order valence-corrected chi connectivity index (χ3v) is 1.15. The van der Waals surface area contributed by atoms with Gasteiger partial charge in [0.2, 0.25) is 0 Å². The van der Waals surface area contributed by atoms with E-state index >= 15 is 0 Å². The van der Waals surface area contributed by atoms with Crippen LogP contribution < -0.4 is 0 Å². The molecule has 1 rings (SSSR count). The molecule has 1 atom stereocenters. The van der Waals surface area contributed by atoms with E-state index < -0.39 is 0 Å². The fourth-order valence-electron chi connectivity index (χ4n) is 0.456. The van der Waals surface area contributed by atoms with Crippen LogP contribution in [0.1, 0.15) is 6.92 Å². The van der Waals surface area contributed by atoms with Crippen molar-refractivity contribution in [2.75, 3.05) is 13.2 Å². The highest BCUT2D eigenvalue weighted by molar-refractivity contribution is 5.86. The number of carbonyl (C=O) groups excluding carboxylic acids is 1. The molecule has 0 unspecified atom stereocenters. The normalized spacial score (nSPS) is 21.9. The highest BCUT2D eigenvalue weighted by atomic mass is 16.6. The summed E-state index contributed by atoms with van der Waals surface area (Å²) in [5, 5.41) is 0. The van der Waals surface area contributed by atoms with Gasteiger partial charge in [-0.25, -0.2) is 4.79 Å². The summed E-state index contributed by atoms with van der Waals surface area (Å²) in [6.45, 7) is 6.14. The molecule has 3 heteroatoms. The minimum Gasteiger partial charge on any atom is -0.459 e. The van der Waals surface area contributed by atoms with Crippen molar-refractivity contribution in [3.8, 4) is 0 Å². The SMILES string of the molecule is C=C(C)C(=O)OC[C@@H]1CO1. The van der Waals surface area contributed by atoms with Gasteiger partial charge in [0.1, 0.15) is 12.7 Å². The number of esters is 1. The molecule has 1 fully saturated rings. The molecule has 0 spiro atoms. The van der Waals surface area contributed by atoms with E-state index in [1.807, 2.05) is 0 Å². The van der Waals surface area contributed by atoms with E-state index in [0.717, 1.165) is 0 Å². The van der Waals surface area contributed by atoms with Crippen molar-refractivity contribution in [3.63, 3.8) is 0 Å². The maximum absolute atomic E-state index is 10.7. The van der Waals surface area contributed by atoms with Gasteiger partial charge in [-0.1, -0.05) is 6.58 Å². The molecular formula is C7H10O3. The highest BCUT2D eigenvalue weighted by Gasteiger charge is 2.24. The molecular weight excluding hydrogens is 132 g/mol. The van der Waals surface area contributed by atoms with Crippen LogP contribution in [0.2, 0.25) is 0 Å². The number of hydrogen-bond acceptors (Lipinski definition) is 3. The van der Waals surface area contributed by atoms with Crippen molar-refractivity contribution < 1.29 is 14.3 Å². The first-order chi connectivity index (χ1) is 4.70. The van der Waals surface area contributed by atoms with Crippen LogP contribution in [0.3, 0.4) is 0 Å². The maximum atomic E-state index is 10.7. The molecule has 0 amide bonds. The molecule has 56 valence electrons. The lowest BCUT2D eigenvalue weighted by atomic mass is 10.4. The monoisotopic (exact) mass is 142 g/mol. The minimum absolute atomic E-state index is 0.142. The quantitative estimate of drug-likeness (QED) is 0.327. The third-order valence-electron chi connectivity index (χ3n) is 1.15. The van der Waals surface area contributed by atoms with Crippen LogP contribution >= 0.6 is 0 Å². The highest BCUT2D eigenvalue weighted by Crippen LogP contribution is 2.09. The first kappa shape index (κ1) is 7.28. The predicted molar refractivity (Wildman–Crippen MR) is 35.5 cm³/mol. The summed E-state index contributed by atoms with van der Waals surface area (Å²) >= 11 is 0. The van der Waals surface area contributed by atoms with Crippen LogP contribution in [0.15, 0.2) is 12.2 Å². The van der Waals surface area contributed by atoms with Gasteiger partial charge in [-0.3, -0.25) is 0 Å². The summed E-state index contributed by atoms with van der Waals surface area (Å²) in [5.41, 5.74) is 0.431. The topological polar surface area (TPSA) is 38.8 Å². The summed E-state index contributed by atoms with van der Waals surface area (Å²) in [4.78, 5) is 10.7. The Morgan fingerprint density at radius 2 is 2.50 bits per heavy atom. The molecule has 1 saturated heterocycles. The molecule has 0 bridgehead atoms. The molecule has 0 aromatic heterocycles. The summed E-state index contributed by atoms with van der Waals surface area (Å²) in [6, 6.07) is 0. The van der Waals surface area contributed by atoms with E-state index in [1.54, 1.807) is 6.92 Å². The second-order valence-corrected chi connectivity index (χ2v) is 2.33. The van der Waals surface area contributed by atoms with E-state index in [9.17, 15) is 4.79 Å². The molecule has 0 aromatic rings. The van der Waals surface area contributed by atoms with Crippen molar-refractivity contribution in [3.05, 3.63) is 12.2 Å². The summed E-state index contributed by atoms with van der Waals surface area (Å²) in [7, 11) is 0. The average Bonchev–Trinajstić information content (AvgIpc) is 2.64. The maximum Gasteiger partial charge on any atom is 0.333 e. The van der Waals surface area contributed by atoms with Gasteiger partial charge in [-0.05, 0) is 6.92 Å². The smallest absolute Gasteiger partial charge is 0.333 e. The third kappa shape index (κ3) is 2.19. The number of hydrogen-bond donors (Lipinski definition) is 0. The Hall–Kier alpha value is -0.830. The number of ether oxygens (including phenoxy) is 2. The van der Waals surface area contributed by atoms with Gasteiger partial charge in [0, 0.05) is 5.57 Å². The fraction of sp³-hybridized carbons (Fsp3) is 0.571. The van der Waals surface area contributed by atoms with Crippen molar-refractivity contribution in [2.45, 2.75) is 13.0 Å². The van der Waals surface area contributed by atoms with Crippen LogP contribution in [-0.4, -0.2) is 25.3 Å². The lowest BCUT2D eigenvalue weighted by Gasteiger charge is -1.99. The van der Waals surface area contributed by atoms with Gasteiger partial charge >= 0.3 is 5.97 Å². The van der Waals surface area contributed by atoms with Gasteiger partial charge in [-0.15, -0.1) is 0 Å². The largest absolute Gasteiger partial charge is 0.459 e. The van der Waals surface area contributed by atoms with E-state index in [2.05, 4.69) is 6.58 Å². The van der Waals surface area contributed by atoms with Crippen molar-refractivity contribution >= 4 is 5.97 Å². The molecule has 0 radical (unpaired) electrons. The predicted octanol–water partition coefficient (Wildman–Crippen LogP) is 0.504. The molecule has 0 aliphatic carbocycles. The second-order valence-electron chi connectivity index (χ2n) is 2.33. The Bertz CT molecular complexity index is 158. The molecule has 1 aliphatic heterocycles. The van der Waals surface area contributed by atoms with E-state index in [-0.39, 0.29) is 12.1 Å². The minimum atomic E-state index is -0.337. The molecule has 0 saturated carbocycles. The van der Waals surface area contributed by atoms with E-state index in [4.69, 9.17) is 9.47 Å². The number of epoxide rings is 1. The van der Waals surface area contributed by atoms with Crippen molar-refractivity contribution in [1.82, 2.24) is 0 Å². The Morgan fingerprint density at radius 3 is 2.90 bits per heavy atom. The van der Waals surface area contributed by atoms with Crippen LogP contribution in [-0.2, 0) is 14.3 Å². The van der Waals surface area contributed by atoms with Gasteiger partial charge < -0.3 is 9.47 Å². The van der Waals surface area contributed by atoms with Crippen LogP contribution in [0.4, 0.5) is 0 Å². The Labute approximate surface area is 59.6 Å². The van der Waals surface area contributed by atoms with Crippen molar-refractivity contribution in [2.24, 2.45) is 0 Å². The molecule has 1 aliphatic rings. The van der Waals surface area contributed by atoms with Gasteiger partial charge in [0.15, 0.2) is 0 Å². The van der Waals surface area contributed by atoms with Crippen LogP contribution in [0, 0.1) is 0 Å². The van der Waals surface area contributed by atoms with E-state index in [1.165, 1.54) is 0 Å². The zero-order chi connectivity index (χ0) is 7.56. The van der Waals surface area contributed by atoms with Gasteiger partial charge in [-0.2, -0.15) is 0 Å². The molecule has 0 aromatic carbocycles. The van der Waals surface area contributed by atoms with E-state index in [0.29, 0.717) is 18.8 Å².